The van der Waals surface area contributed by atoms with Crippen LogP contribution in [0.1, 0.15) is 74.1 Å². The van der Waals surface area contributed by atoms with Gasteiger partial charge < -0.3 is 0 Å². The fourth-order valence-corrected chi connectivity index (χ4v) is 5.63. The van der Waals surface area contributed by atoms with Gasteiger partial charge >= 0.3 is 0 Å². The Kier molecular flexibility index (Phi) is 7.42. The highest BCUT2D eigenvalue weighted by Crippen LogP contribution is 2.38. The number of rotatable bonds is 7. The summed E-state index contributed by atoms with van der Waals surface area (Å²) in [5, 5.41) is 4.84. The second kappa shape index (κ2) is 10.7. The molecular weight excluding hydrogens is 516 g/mol. The van der Waals surface area contributed by atoms with Gasteiger partial charge in [0, 0.05) is 42.4 Å². The molecule has 208 valence electrons. The van der Waals surface area contributed by atoms with Gasteiger partial charge in [0.1, 0.15) is 18.0 Å². The lowest BCUT2D eigenvalue weighted by Gasteiger charge is -2.22. The van der Waals surface area contributed by atoms with Crippen LogP contribution in [0.5, 0.6) is 0 Å². The number of anilines is 1. The Hall–Kier alpha value is -3.74. The average Bonchev–Trinajstić information content (AvgIpc) is 2.94. The smallest absolute Gasteiger partial charge is 0.287 e. The third kappa shape index (κ3) is 5.47. The molecule has 3 aromatic carbocycles. The lowest BCUT2D eigenvalue weighted by molar-refractivity contribution is -0.410. The van der Waals surface area contributed by atoms with Gasteiger partial charge in [0.05, 0.1) is 11.9 Å². The van der Waals surface area contributed by atoms with E-state index in [0.29, 0.717) is 31.5 Å². The van der Waals surface area contributed by atoms with Gasteiger partial charge in [-0.05, 0) is 53.5 Å². The maximum absolute atomic E-state index is 14.6. The van der Waals surface area contributed by atoms with Gasteiger partial charge in [0.2, 0.25) is 0 Å². The summed E-state index contributed by atoms with van der Waals surface area (Å²) < 4.78 is 59.5. The van der Waals surface area contributed by atoms with Crippen molar-refractivity contribution in [3.05, 3.63) is 99.4 Å². The molecule has 0 bridgehead atoms. The van der Waals surface area contributed by atoms with Gasteiger partial charge in [0.25, 0.3) is 17.7 Å². The first kappa shape index (κ1) is 27.8. The van der Waals surface area contributed by atoms with E-state index >= 15 is 0 Å². The van der Waals surface area contributed by atoms with E-state index < -0.39 is 29.4 Å². The van der Waals surface area contributed by atoms with Crippen LogP contribution in [-0.2, 0) is 16.6 Å². The molecular formula is C33H33F4N2O+. The number of ketones is 1. The van der Waals surface area contributed by atoms with E-state index in [4.69, 9.17) is 0 Å². The molecule has 1 unspecified atom stereocenters. The standard InChI is InChI=1S/C33H33F4N2O/c1-4-33(36,37)24-17-23(32(2,34)35)18-25(19-24)38-31-28-11-6-5-10-27(28)29(20-39(31)3)22-15-13-21(14-16-22)26-9-7-8-12-30(26)40/h5-6,10-11,13-19,26,38H,3-4,7-9,12,20H2,1-2H3/q+1. The minimum Gasteiger partial charge on any atom is -0.299 e. The quantitative estimate of drug-likeness (QED) is 0.265. The Labute approximate surface area is 231 Å². The van der Waals surface area contributed by atoms with Crippen molar-refractivity contribution < 1.29 is 26.9 Å². The molecule has 1 saturated carbocycles. The van der Waals surface area contributed by atoms with Crippen LogP contribution in [-0.4, -0.2) is 23.6 Å². The largest absolute Gasteiger partial charge is 0.299 e. The van der Waals surface area contributed by atoms with Crippen LogP contribution >= 0.6 is 0 Å². The van der Waals surface area contributed by atoms with Crippen molar-refractivity contribution in [2.45, 2.75) is 63.7 Å². The van der Waals surface area contributed by atoms with Crippen LogP contribution in [0.2, 0.25) is 0 Å². The molecule has 1 atom stereocenters. The number of hydrogen-bond acceptors (Lipinski definition) is 2. The van der Waals surface area contributed by atoms with Crippen LogP contribution < -0.4 is 15.8 Å². The molecule has 1 heterocycles. The Morgan fingerprint density at radius 2 is 1.62 bits per heavy atom. The molecule has 40 heavy (non-hydrogen) atoms. The summed E-state index contributed by atoms with van der Waals surface area (Å²) in [6, 6.07) is 19.1. The van der Waals surface area contributed by atoms with Gasteiger partial charge in [-0.1, -0.05) is 55.8 Å². The maximum Gasteiger partial charge on any atom is 0.287 e. The first-order valence-electron chi connectivity index (χ1n) is 13.7. The van der Waals surface area contributed by atoms with Crippen molar-refractivity contribution in [2.75, 3.05) is 11.9 Å². The van der Waals surface area contributed by atoms with Crippen LogP contribution in [0.15, 0.2) is 66.7 Å². The van der Waals surface area contributed by atoms with E-state index in [2.05, 4.69) is 12.0 Å². The third-order valence-corrected chi connectivity index (χ3v) is 7.96. The first-order chi connectivity index (χ1) is 19.0. The normalized spacial score (nSPS) is 18.1. The van der Waals surface area contributed by atoms with Crippen molar-refractivity contribution in [1.29, 1.82) is 0 Å². The molecule has 0 amide bonds. The van der Waals surface area contributed by atoms with E-state index in [1.807, 2.05) is 48.5 Å². The topological polar surface area (TPSA) is 32.1 Å². The summed E-state index contributed by atoms with van der Waals surface area (Å²) >= 11 is 0. The number of carbonyl (C=O) groups is 1. The fraction of sp³-hybridized carbons (Fsp3) is 0.333. The molecule has 3 aromatic rings. The molecule has 3 nitrogen and oxygen atoms in total. The van der Waals surface area contributed by atoms with Crippen molar-refractivity contribution in [3.63, 3.8) is 0 Å². The zero-order valence-electron chi connectivity index (χ0n) is 22.7. The summed E-state index contributed by atoms with van der Waals surface area (Å²) in [5.41, 5.74) is 2.25. The van der Waals surface area contributed by atoms with E-state index in [1.54, 1.807) is 4.58 Å². The fourth-order valence-electron chi connectivity index (χ4n) is 5.63. The molecule has 1 aliphatic heterocycles. The van der Waals surface area contributed by atoms with E-state index in [-0.39, 0.29) is 11.6 Å². The summed E-state index contributed by atoms with van der Waals surface area (Å²) in [7, 11) is 0. The summed E-state index contributed by atoms with van der Waals surface area (Å²) in [6.45, 7) is 6.61. The number of benzene rings is 3. The number of Topliss-reactive ketones (excluding diaryl/α,β-unsaturated/α-hetero) is 1. The monoisotopic (exact) mass is 549 g/mol. The van der Waals surface area contributed by atoms with Crippen molar-refractivity contribution >= 4 is 29.6 Å². The van der Waals surface area contributed by atoms with Crippen molar-refractivity contribution in [1.82, 2.24) is 0 Å². The van der Waals surface area contributed by atoms with E-state index in [9.17, 15) is 22.4 Å². The zero-order chi connectivity index (χ0) is 28.7. The van der Waals surface area contributed by atoms with E-state index in [0.717, 1.165) is 52.5 Å². The average molecular weight is 550 g/mol. The number of alkyl halides is 4. The highest BCUT2D eigenvalue weighted by molar-refractivity contribution is 5.86. The number of hydrogen-bond donors (Lipinski definition) is 1. The van der Waals surface area contributed by atoms with Gasteiger partial charge in [-0.2, -0.15) is 0 Å². The van der Waals surface area contributed by atoms with Crippen molar-refractivity contribution in [2.24, 2.45) is 0 Å². The number of nitrogens with zero attached hydrogens (tertiary/aromatic N) is 1. The van der Waals surface area contributed by atoms with Gasteiger partial charge in [-0.15, -0.1) is 0 Å². The molecule has 0 spiro atoms. The molecule has 0 aromatic heterocycles. The lowest BCUT2D eigenvalue weighted by atomic mass is 9.82. The Morgan fingerprint density at radius 3 is 2.27 bits per heavy atom. The SMILES string of the molecule is C=[N+]1CC(c2ccc(C3CCCCC3=O)cc2)=c2ccccc2=C1Nc1cc(C(C)(F)F)cc(C(F)(F)CC)c1. The minimum atomic E-state index is -3.29. The van der Waals surface area contributed by atoms with Gasteiger partial charge in [-0.3, -0.25) is 4.79 Å². The number of carbonyl (C=O) groups excluding carboxylic acids is 1. The van der Waals surface area contributed by atoms with E-state index in [1.165, 1.54) is 19.1 Å². The Bertz CT molecular complexity index is 1590. The molecule has 7 heteroatoms. The molecule has 1 N–H and O–H groups in total. The lowest BCUT2D eigenvalue weighted by Crippen LogP contribution is -2.41. The number of nitrogens with one attached hydrogen (secondary N) is 1. The van der Waals surface area contributed by atoms with Crippen LogP contribution in [0.3, 0.4) is 0 Å². The number of fused-ring (bicyclic) bond motifs is 1. The highest BCUT2D eigenvalue weighted by atomic mass is 19.3. The number of halogens is 4. The van der Waals surface area contributed by atoms with Crippen molar-refractivity contribution in [3.8, 4) is 0 Å². The van der Waals surface area contributed by atoms with Crippen LogP contribution in [0, 0.1) is 0 Å². The molecule has 0 saturated heterocycles. The molecule has 1 aliphatic carbocycles. The highest BCUT2D eigenvalue weighted by Gasteiger charge is 2.34. The molecule has 0 radical (unpaired) electrons. The summed E-state index contributed by atoms with van der Waals surface area (Å²) in [6.07, 6.45) is 3.03. The second-order valence-corrected chi connectivity index (χ2v) is 10.8. The molecule has 2 aliphatic rings. The third-order valence-electron chi connectivity index (χ3n) is 7.96. The Morgan fingerprint density at radius 1 is 0.950 bits per heavy atom. The zero-order valence-corrected chi connectivity index (χ0v) is 22.7. The predicted molar refractivity (Wildman–Crippen MR) is 150 cm³/mol. The predicted octanol–water partition coefficient (Wildman–Crippen LogP) is 6.63. The van der Waals surface area contributed by atoms with Crippen LogP contribution in [0.25, 0.3) is 11.4 Å². The molecule has 5 rings (SSSR count). The maximum atomic E-state index is 14.6. The van der Waals surface area contributed by atoms with Gasteiger partial charge in [-0.25, -0.2) is 27.5 Å². The Balaban J connectivity index is 1.59. The van der Waals surface area contributed by atoms with Gasteiger partial charge in [0.15, 0.2) is 0 Å². The molecule has 1 fully saturated rings. The summed E-state index contributed by atoms with van der Waals surface area (Å²) in [4.78, 5) is 12.4. The second-order valence-electron chi connectivity index (χ2n) is 10.8. The minimum absolute atomic E-state index is 0.0452. The van der Waals surface area contributed by atoms with Crippen LogP contribution in [0.4, 0.5) is 23.2 Å². The summed E-state index contributed by atoms with van der Waals surface area (Å²) in [5.74, 6) is -5.74. The first-order valence-corrected chi connectivity index (χ1v) is 13.7.